The summed E-state index contributed by atoms with van der Waals surface area (Å²) in [5, 5.41) is 8.99. The van der Waals surface area contributed by atoms with Crippen molar-refractivity contribution in [2.24, 2.45) is 5.92 Å². The van der Waals surface area contributed by atoms with Crippen molar-refractivity contribution in [3.63, 3.8) is 0 Å². The SMILES string of the molecule is N#Cc1cccc(OCCCN2CCN(C(=O)C3CC3)C(C(=O)N3CCOCC3)C2)c1. The maximum Gasteiger partial charge on any atom is 0.246 e. The van der Waals surface area contributed by atoms with E-state index >= 15 is 0 Å². The number of amides is 2. The Bertz CT molecular complexity index is 829. The van der Waals surface area contributed by atoms with Crippen LogP contribution in [0.3, 0.4) is 0 Å². The van der Waals surface area contributed by atoms with Gasteiger partial charge in [0.2, 0.25) is 11.8 Å². The third-order valence-electron chi connectivity index (χ3n) is 6.13. The van der Waals surface area contributed by atoms with Crippen molar-refractivity contribution in [3.8, 4) is 11.8 Å². The van der Waals surface area contributed by atoms with Gasteiger partial charge in [-0.2, -0.15) is 5.26 Å². The van der Waals surface area contributed by atoms with Crippen molar-refractivity contribution in [2.45, 2.75) is 25.3 Å². The first-order valence-corrected chi connectivity index (χ1v) is 11.2. The Labute approximate surface area is 183 Å². The van der Waals surface area contributed by atoms with Crippen molar-refractivity contribution in [1.29, 1.82) is 5.26 Å². The molecule has 8 heteroatoms. The molecule has 1 unspecified atom stereocenters. The molecule has 1 aromatic rings. The van der Waals surface area contributed by atoms with E-state index in [4.69, 9.17) is 14.7 Å². The van der Waals surface area contributed by atoms with Gasteiger partial charge in [0.1, 0.15) is 11.8 Å². The summed E-state index contributed by atoms with van der Waals surface area (Å²) < 4.78 is 11.2. The molecule has 2 amide bonds. The van der Waals surface area contributed by atoms with Crippen molar-refractivity contribution < 1.29 is 19.1 Å². The predicted molar refractivity (Wildman–Crippen MR) is 113 cm³/mol. The number of hydrogen-bond acceptors (Lipinski definition) is 6. The van der Waals surface area contributed by atoms with Crippen molar-refractivity contribution in [2.75, 3.05) is 59.1 Å². The van der Waals surface area contributed by atoms with Crippen LogP contribution in [0, 0.1) is 17.2 Å². The Kier molecular flexibility index (Phi) is 7.05. The fraction of sp³-hybridized carbons (Fsp3) is 0.609. The van der Waals surface area contributed by atoms with Gasteiger partial charge in [-0.05, 0) is 37.5 Å². The molecule has 1 saturated carbocycles. The molecule has 1 aliphatic carbocycles. The molecule has 2 saturated heterocycles. The number of morpholine rings is 1. The van der Waals surface area contributed by atoms with Gasteiger partial charge in [-0.15, -0.1) is 0 Å². The molecule has 8 nitrogen and oxygen atoms in total. The number of nitriles is 1. The fourth-order valence-corrected chi connectivity index (χ4v) is 4.21. The minimum absolute atomic E-state index is 0.0477. The van der Waals surface area contributed by atoms with Gasteiger partial charge in [0, 0.05) is 45.2 Å². The molecule has 0 aromatic heterocycles. The van der Waals surface area contributed by atoms with Crippen molar-refractivity contribution in [3.05, 3.63) is 29.8 Å². The number of hydrogen-bond donors (Lipinski definition) is 0. The third-order valence-corrected chi connectivity index (χ3v) is 6.13. The van der Waals surface area contributed by atoms with Crippen LogP contribution < -0.4 is 4.74 Å². The number of carbonyl (C=O) groups excluding carboxylic acids is 2. The molecule has 3 fully saturated rings. The van der Waals surface area contributed by atoms with Gasteiger partial charge < -0.3 is 19.3 Å². The van der Waals surface area contributed by atoms with E-state index in [9.17, 15) is 9.59 Å². The highest BCUT2D eigenvalue weighted by Crippen LogP contribution is 2.32. The topological polar surface area (TPSA) is 86.1 Å². The quantitative estimate of drug-likeness (QED) is 0.607. The first-order chi connectivity index (χ1) is 15.2. The lowest BCUT2D eigenvalue weighted by molar-refractivity contribution is -0.152. The minimum atomic E-state index is -0.409. The Balaban J connectivity index is 1.31. The van der Waals surface area contributed by atoms with Crippen LogP contribution >= 0.6 is 0 Å². The summed E-state index contributed by atoms with van der Waals surface area (Å²) in [7, 11) is 0. The van der Waals surface area contributed by atoms with Crippen LogP contribution in [0.15, 0.2) is 24.3 Å². The second kappa shape index (κ2) is 10.1. The minimum Gasteiger partial charge on any atom is -0.494 e. The molecule has 0 bridgehead atoms. The zero-order valence-electron chi connectivity index (χ0n) is 17.9. The number of carbonyl (C=O) groups is 2. The second-order valence-corrected chi connectivity index (χ2v) is 8.40. The molecule has 2 heterocycles. The molecule has 0 spiro atoms. The van der Waals surface area contributed by atoms with Gasteiger partial charge in [0.05, 0.1) is 31.5 Å². The summed E-state index contributed by atoms with van der Waals surface area (Å²) in [6, 6.07) is 8.85. The van der Waals surface area contributed by atoms with E-state index in [2.05, 4.69) is 11.0 Å². The van der Waals surface area contributed by atoms with E-state index < -0.39 is 6.04 Å². The van der Waals surface area contributed by atoms with Crippen molar-refractivity contribution >= 4 is 11.8 Å². The molecule has 0 N–H and O–H groups in total. The molecule has 31 heavy (non-hydrogen) atoms. The average molecular weight is 427 g/mol. The summed E-state index contributed by atoms with van der Waals surface area (Å²) in [6.45, 7) is 5.59. The zero-order chi connectivity index (χ0) is 21.6. The molecule has 0 radical (unpaired) electrons. The van der Waals surface area contributed by atoms with E-state index in [-0.39, 0.29) is 17.7 Å². The predicted octanol–water partition coefficient (Wildman–Crippen LogP) is 1.11. The number of rotatable bonds is 7. The largest absolute Gasteiger partial charge is 0.494 e. The Morgan fingerprint density at radius 2 is 1.94 bits per heavy atom. The molecular weight excluding hydrogens is 396 g/mol. The standard InChI is InChI=1S/C23H30N4O4/c24-16-18-3-1-4-20(15-18)31-12-2-7-25-8-9-27(22(28)19-5-6-19)21(17-25)23(29)26-10-13-30-14-11-26/h1,3-4,15,19,21H,2,5-14,17H2. The highest BCUT2D eigenvalue weighted by Gasteiger charge is 2.42. The Morgan fingerprint density at radius 1 is 1.13 bits per heavy atom. The lowest BCUT2D eigenvalue weighted by Gasteiger charge is -2.43. The first kappa shape index (κ1) is 21.6. The Morgan fingerprint density at radius 3 is 2.68 bits per heavy atom. The van der Waals surface area contributed by atoms with E-state index in [1.54, 1.807) is 12.1 Å². The van der Waals surface area contributed by atoms with E-state index in [0.717, 1.165) is 32.4 Å². The summed E-state index contributed by atoms with van der Waals surface area (Å²) in [6.07, 6.45) is 2.70. The summed E-state index contributed by atoms with van der Waals surface area (Å²) >= 11 is 0. The van der Waals surface area contributed by atoms with Crippen LogP contribution in [0.5, 0.6) is 5.75 Å². The van der Waals surface area contributed by atoms with Crippen LogP contribution in [0.25, 0.3) is 0 Å². The van der Waals surface area contributed by atoms with Gasteiger partial charge in [0.25, 0.3) is 0 Å². The van der Waals surface area contributed by atoms with Crippen LogP contribution in [0.2, 0.25) is 0 Å². The summed E-state index contributed by atoms with van der Waals surface area (Å²) in [5.74, 6) is 1.00. The molecule has 1 aromatic carbocycles. The van der Waals surface area contributed by atoms with Gasteiger partial charge in [-0.1, -0.05) is 6.07 Å². The Hall–Kier alpha value is -2.63. The third kappa shape index (κ3) is 5.54. The monoisotopic (exact) mass is 426 g/mol. The average Bonchev–Trinajstić information content (AvgIpc) is 3.67. The summed E-state index contributed by atoms with van der Waals surface area (Å²) in [5.41, 5.74) is 0.582. The maximum atomic E-state index is 13.2. The highest BCUT2D eigenvalue weighted by molar-refractivity contribution is 5.90. The van der Waals surface area contributed by atoms with Gasteiger partial charge in [-0.25, -0.2) is 0 Å². The van der Waals surface area contributed by atoms with Crippen LogP contribution in [-0.2, 0) is 14.3 Å². The van der Waals surface area contributed by atoms with Crippen molar-refractivity contribution in [1.82, 2.24) is 14.7 Å². The van der Waals surface area contributed by atoms with E-state index in [1.165, 1.54) is 0 Å². The molecule has 166 valence electrons. The second-order valence-electron chi connectivity index (χ2n) is 8.40. The van der Waals surface area contributed by atoms with Gasteiger partial charge in [0.15, 0.2) is 0 Å². The molecule has 2 aliphatic heterocycles. The normalized spacial score (nSPS) is 22.1. The van der Waals surface area contributed by atoms with Crippen LogP contribution in [0.4, 0.5) is 0 Å². The smallest absolute Gasteiger partial charge is 0.246 e. The van der Waals surface area contributed by atoms with Crippen LogP contribution in [0.1, 0.15) is 24.8 Å². The lowest BCUT2D eigenvalue weighted by Crippen LogP contribution is -2.62. The molecule has 3 aliphatic rings. The van der Waals surface area contributed by atoms with Gasteiger partial charge in [-0.3, -0.25) is 14.5 Å². The lowest BCUT2D eigenvalue weighted by atomic mass is 10.1. The number of nitrogens with zero attached hydrogens (tertiary/aromatic N) is 4. The molecular formula is C23H30N4O4. The first-order valence-electron chi connectivity index (χ1n) is 11.2. The van der Waals surface area contributed by atoms with E-state index in [0.29, 0.717) is 57.3 Å². The maximum absolute atomic E-state index is 13.2. The number of piperazine rings is 1. The van der Waals surface area contributed by atoms with E-state index in [1.807, 2.05) is 21.9 Å². The number of benzene rings is 1. The fourth-order valence-electron chi connectivity index (χ4n) is 4.21. The number of ether oxygens (including phenoxy) is 2. The van der Waals surface area contributed by atoms with Gasteiger partial charge >= 0.3 is 0 Å². The highest BCUT2D eigenvalue weighted by atomic mass is 16.5. The van der Waals surface area contributed by atoms with Crippen LogP contribution in [-0.4, -0.2) is 91.6 Å². The molecule has 1 atom stereocenters. The summed E-state index contributed by atoms with van der Waals surface area (Å²) in [4.78, 5) is 32.0. The zero-order valence-corrected chi connectivity index (χ0v) is 17.9. The molecule has 4 rings (SSSR count).